The Kier molecular flexibility index (Phi) is 4.71. The van der Waals surface area contributed by atoms with Crippen LogP contribution in [-0.2, 0) is 9.53 Å². The van der Waals surface area contributed by atoms with Gasteiger partial charge < -0.3 is 24.7 Å². The molecule has 8 nitrogen and oxygen atoms in total. The maximum atomic E-state index is 12.3. The Hall–Kier alpha value is -2.22. The van der Waals surface area contributed by atoms with E-state index in [2.05, 4.69) is 9.88 Å². The van der Waals surface area contributed by atoms with Crippen LogP contribution in [0.25, 0.3) is 0 Å². The highest BCUT2D eigenvalue weighted by molar-refractivity contribution is 5.77. The van der Waals surface area contributed by atoms with Gasteiger partial charge in [-0.25, -0.2) is 0 Å². The minimum atomic E-state index is -0.508. The predicted molar refractivity (Wildman–Crippen MR) is 83.3 cm³/mol. The van der Waals surface area contributed by atoms with Crippen molar-refractivity contribution in [1.82, 2.24) is 9.88 Å². The average molecular weight is 320 g/mol. The van der Waals surface area contributed by atoms with Gasteiger partial charge in [-0.15, -0.1) is 0 Å². The highest BCUT2D eigenvalue weighted by Crippen LogP contribution is 2.20. The molecule has 0 N–H and O–H groups in total. The molecule has 2 aliphatic rings. The molecule has 0 radical (unpaired) electrons. The van der Waals surface area contributed by atoms with Gasteiger partial charge in [-0.3, -0.25) is 4.79 Å². The third kappa shape index (κ3) is 3.76. The summed E-state index contributed by atoms with van der Waals surface area (Å²) in [4.78, 5) is 30.2. The summed E-state index contributed by atoms with van der Waals surface area (Å²) in [5.41, 5.74) is 0.849. The van der Waals surface area contributed by atoms with Crippen LogP contribution in [0.5, 0.6) is 0 Å². The molecular weight excluding hydrogens is 300 g/mol. The van der Waals surface area contributed by atoms with E-state index in [4.69, 9.17) is 4.74 Å². The molecule has 0 aliphatic carbocycles. The zero-order valence-electron chi connectivity index (χ0n) is 12.9. The Morgan fingerprint density at radius 3 is 2.70 bits per heavy atom. The highest BCUT2D eigenvalue weighted by Gasteiger charge is 2.26. The topological polar surface area (TPSA) is 88.8 Å². The van der Waals surface area contributed by atoms with Crippen molar-refractivity contribution in [2.45, 2.75) is 25.4 Å². The van der Waals surface area contributed by atoms with E-state index in [-0.39, 0.29) is 17.8 Å². The van der Waals surface area contributed by atoms with Gasteiger partial charge in [0.2, 0.25) is 5.91 Å². The molecule has 1 aromatic rings. The predicted octanol–water partition coefficient (Wildman–Crippen LogP) is 1.21. The van der Waals surface area contributed by atoms with Gasteiger partial charge in [-0.05, 0) is 28.8 Å². The van der Waals surface area contributed by atoms with Gasteiger partial charge >= 0.3 is 5.82 Å². The normalized spacial score (nSPS) is 21.5. The smallest absolute Gasteiger partial charge is 0.363 e. The fourth-order valence-electron chi connectivity index (χ4n) is 3.02. The maximum absolute atomic E-state index is 12.3. The minimum Gasteiger partial charge on any atom is -0.378 e. The summed E-state index contributed by atoms with van der Waals surface area (Å²) in [7, 11) is 0. The van der Waals surface area contributed by atoms with Crippen molar-refractivity contribution in [3.63, 3.8) is 0 Å². The number of piperazine rings is 1. The van der Waals surface area contributed by atoms with E-state index in [0.717, 1.165) is 25.1 Å². The molecule has 2 fully saturated rings. The molecule has 2 saturated heterocycles. The molecule has 0 aromatic carbocycles. The number of carbonyl (C=O) groups is 1. The fraction of sp³-hybridized carbons (Fsp3) is 0.600. The van der Waals surface area contributed by atoms with Crippen molar-refractivity contribution in [2.75, 3.05) is 37.7 Å². The number of rotatable bonds is 4. The van der Waals surface area contributed by atoms with Crippen LogP contribution in [0.1, 0.15) is 19.3 Å². The second-order valence-electron chi connectivity index (χ2n) is 5.84. The monoisotopic (exact) mass is 320 g/mol. The van der Waals surface area contributed by atoms with Crippen LogP contribution in [0.4, 0.5) is 11.5 Å². The van der Waals surface area contributed by atoms with Gasteiger partial charge in [-0.1, -0.05) is 0 Å². The second kappa shape index (κ2) is 6.91. The molecule has 1 amide bonds. The van der Waals surface area contributed by atoms with Crippen LogP contribution in [0.3, 0.4) is 0 Å². The number of nitrogens with zero attached hydrogens (tertiary/aromatic N) is 4. The Morgan fingerprint density at radius 1 is 1.35 bits per heavy atom. The number of aromatic nitrogens is 1. The number of amides is 1. The van der Waals surface area contributed by atoms with Crippen molar-refractivity contribution in [2.24, 2.45) is 0 Å². The van der Waals surface area contributed by atoms with E-state index < -0.39 is 4.92 Å². The average Bonchev–Trinajstić information content (AvgIpc) is 3.08. The molecule has 8 heteroatoms. The molecule has 0 saturated carbocycles. The Morgan fingerprint density at radius 2 is 2.13 bits per heavy atom. The fourth-order valence-corrected chi connectivity index (χ4v) is 3.02. The first-order valence-corrected chi connectivity index (χ1v) is 7.88. The first kappa shape index (κ1) is 15.7. The van der Waals surface area contributed by atoms with Crippen molar-refractivity contribution in [3.8, 4) is 0 Å². The lowest BCUT2D eigenvalue weighted by atomic mass is 10.1. The molecule has 3 heterocycles. The first-order valence-electron chi connectivity index (χ1n) is 7.88. The number of nitro groups is 1. The third-order valence-corrected chi connectivity index (χ3v) is 4.34. The van der Waals surface area contributed by atoms with Gasteiger partial charge in [0, 0.05) is 38.9 Å². The highest BCUT2D eigenvalue weighted by atomic mass is 16.6. The van der Waals surface area contributed by atoms with E-state index in [1.807, 2.05) is 4.90 Å². The molecule has 0 spiro atoms. The van der Waals surface area contributed by atoms with Crippen LogP contribution in [-0.4, -0.2) is 59.6 Å². The van der Waals surface area contributed by atoms with E-state index in [9.17, 15) is 14.9 Å². The molecule has 1 aromatic heterocycles. The minimum absolute atomic E-state index is 0.0828. The second-order valence-corrected chi connectivity index (χ2v) is 5.84. The lowest BCUT2D eigenvalue weighted by molar-refractivity contribution is -0.389. The van der Waals surface area contributed by atoms with Gasteiger partial charge in [0.05, 0.1) is 18.2 Å². The number of anilines is 1. The lowest BCUT2D eigenvalue weighted by Crippen LogP contribution is -2.49. The molecule has 3 rings (SSSR count). The zero-order valence-corrected chi connectivity index (χ0v) is 12.9. The summed E-state index contributed by atoms with van der Waals surface area (Å²) in [5.74, 6) is -0.00231. The van der Waals surface area contributed by atoms with E-state index in [1.165, 1.54) is 12.3 Å². The number of hydrogen-bond acceptors (Lipinski definition) is 6. The molecular formula is C15H20N4O4. The Balaban J connectivity index is 1.51. The Labute approximate surface area is 134 Å². The molecule has 2 aliphatic heterocycles. The molecule has 23 heavy (non-hydrogen) atoms. The van der Waals surface area contributed by atoms with Crippen LogP contribution in [0.15, 0.2) is 18.3 Å². The number of ether oxygens (including phenoxy) is 1. The molecule has 1 unspecified atom stereocenters. The van der Waals surface area contributed by atoms with E-state index >= 15 is 0 Å². The summed E-state index contributed by atoms with van der Waals surface area (Å²) >= 11 is 0. The largest absolute Gasteiger partial charge is 0.378 e. The summed E-state index contributed by atoms with van der Waals surface area (Å²) in [6, 6.07) is 3.11. The number of hydrogen-bond donors (Lipinski definition) is 0. The van der Waals surface area contributed by atoms with Crippen LogP contribution >= 0.6 is 0 Å². The van der Waals surface area contributed by atoms with Gasteiger partial charge in [-0.2, -0.15) is 0 Å². The summed E-state index contributed by atoms with van der Waals surface area (Å²) in [6.07, 6.45) is 4.08. The zero-order chi connectivity index (χ0) is 16.2. The first-order chi connectivity index (χ1) is 11.1. The molecule has 0 bridgehead atoms. The maximum Gasteiger partial charge on any atom is 0.363 e. The van der Waals surface area contributed by atoms with E-state index in [1.54, 1.807) is 6.07 Å². The van der Waals surface area contributed by atoms with E-state index in [0.29, 0.717) is 32.6 Å². The number of pyridine rings is 1. The van der Waals surface area contributed by atoms with Gasteiger partial charge in [0.15, 0.2) is 6.20 Å². The standard InChI is InChI=1S/C15H20N4O4/c20-15(10-13-2-1-9-23-13)18-7-5-17(6-8-18)12-3-4-14(16-11-12)19(21)22/h3-4,11,13H,1-2,5-10H2. The number of carbonyl (C=O) groups excluding carboxylic acids is 1. The lowest BCUT2D eigenvalue weighted by Gasteiger charge is -2.35. The van der Waals surface area contributed by atoms with Crippen LogP contribution in [0.2, 0.25) is 0 Å². The van der Waals surface area contributed by atoms with Crippen molar-refractivity contribution in [1.29, 1.82) is 0 Å². The SMILES string of the molecule is O=C(CC1CCCO1)N1CCN(c2ccc([N+](=O)[O-])nc2)CC1. The molecule has 1 atom stereocenters. The van der Waals surface area contributed by atoms with Gasteiger partial charge in [0.25, 0.3) is 0 Å². The van der Waals surface area contributed by atoms with Crippen LogP contribution < -0.4 is 4.90 Å². The van der Waals surface area contributed by atoms with Gasteiger partial charge in [0.1, 0.15) is 0 Å². The quantitative estimate of drug-likeness (QED) is 0.612. The van der Waals surface area contributed by atoms with Crippen molar-refractivity contribution >= 4 is 17.4 Å². The molecule has 124 valence electrons. The van der Waals surface area contributed by atoms with Crippen molar-refractivity contribution < 1.29 is 14.5 Å². The Bertz CT molecular complexity index is 563. The van der Waals surface area contributed by atoms with Crippen LogP contribution in [0, 0.1) is 10.1 Å². The third-order valence-electron chi connectivity index (χ3n) is 4.34. The summed E-state index contributed by atoms with van der Waals surface area (Å²) in [6.45, 7) is 3.48. The summed E-state index contributed by atoms with van der Waals surface area (Å²) < 4.78 is 5.51. The summed E-state index contributed by atoms with van der Waals surface area (Å²) in [5, 5.41) is 10.6. The van der Waals surface area contributed by atoms with Crippen molar-refractivity contribution in [3.05, 3.63) is 28.4 Å².